The first-order valence-corrected chi connectivity index (χ1v) is 11.0. The summed E-state index contributed by atoms with van der Waals surface area (Å²) in [4.78, 5) is 29.0. The molecule has 0 spiro atoms. The van der Waals surface area contributed by atoms with Gasteiger partial charge >= 0.3 is 6.18 Å². The summed E-state index contributed by atoms with van der Waals surface area (Å²) in [5.74, 6) is 0.484. The number of nitrogens with one attached hydrogen (secondary N) is 2. The number of amides is 2. The second-order valence-electron chi connectivity index (χ2n) is 8.19. The van der Waals surface area contributed by atoms with Crippen LogP contribution in [0.2, 0.25) is 0 Å². The van der Waals surface area contributed by atoms with E-state index in [0.717, 1.165) is 12.1 Å². The van der Waals surface area contributed by atoms with Crippen LogP contribution in [0.1, 0.15) is 21.7 Å². The molecule has 0 radical (unpaired) electrons. The number of carbonyl (C=O) groups is 2. The average molecular weight is 487 g/mol. The van der Waals surface area contributed by atoms with Crippen molar-refractivity contribution >= 4 is 29.0 Å². The molecule has 1 aliphatic heterocycles. The minimum absolute atomic E-state index is 0.154. The minimum Gasteiger partial charge on any atom is -0.360 e. The van der Waals surface area contributed by atoms with E-state index in [1.807, 2.05) is 4.90 Å². The summed E-state index contributed by atoms with van der Waals surface area (Å²) >= 11 is 0. The molecule has 2 heterocycles. The number of anilines is 3. The van der Waals surface area contributed by atoms with Gasteiger partial charge in [-0.05, 0) is 37.3 Å². The second-order valence-corrected chi connectivity index (χ2v) is 8.19. The zero-order valence-corrected chi connectivity index (χ0v) is 18.9. The fourth-order valence-corrected chi connectivity index (χ4v) is 3.80. The fourth-order valence-electron chi connectivity index (χ4n) is 3.80. The van der Waals surface area contributed by atoms with E-state index in [-0.39, 0.29) is 24.0 Å². The quantitative estimate of drug-likeness (QED) is 0.543. The molecule has 2 aromatic carbocycles. The Morgan fingerprint density at radius 1 is 1.03 bits per heavy atom. The smallest absolute Gasteiger partial charge is 0.360 e. The first-order chi connectivity index (χ1) is 16.7. The van der Waals surface area contributed by atoms with Gasteiger partial charge in [0.05, 0.1) is 23.4 Å². The van der Waals surface area contributed by atoms with Gasteiger partial charge in [0, 0.05) is 37.9 Å². The number of benzene rings is 2. The summed E-state index contributed by atoms with van der Waals surface area (Å²) < 4.78 is 44.1. The number of aromatic nitrogens is 1. The van der Waals surface area contributed by atoms with Crippen molar-refractivity contribution in [1.82, 2.24) is 15.0 Å². The van der Waals surface area contributed by atoms with Gasteiger partial charge in [-0.3, -0.25) is 14.5 Å². The van der Waals surface area contributed by atoms with Gasteiger partial charge < -0.3 is 20.1 Å². The van der Waals surface area contributed by atoms with Crippen LogP contribution in [0.4, 0.5) is 30.4 Å². The lowest BCUT2D eigenvalue weighted by atomic mass is 10.1. The van der Waals surface area contributed by atoms with Crippen LogP contribution in [0.3, 0.4) is 0 Å². The van der Waals surface area contributed by atoms with Crippen molar-refractivity contribution in [1.29, 1.82) is 0 Å². The number of nitrogens with zero attached hydrogens (tertiary/aromatic N) is 3. The molecule has 0 bridgehead atoms. The molecule has 1 aromatic heterocycles. The molecular weight excluding hydrogens is 463 g/mol. The van der Waals surface area contributed by atoms with Gasteiger partial charge in [0.2, 0.25) is 5.91 Å². The summed E-state index contributed by atoms with van der Waals surface area (Å²) in [6.45, 7) is 3.70. The molecule has 1 saturated heterocycles. The van der Waals surface area contributed by atoms with Crippen LogP contribution in [0, 0.1) is 6.92 Å². The van der Waals surface area contributed by atoms with Gasteiger partial charge in [-0.25, -0.2) is 0 Å². The van der Waals surface area contributed by atoms with Crippen LogP contribution in [-0.2, 0) is 11.0 Å². The summed E-state index contributed by atoms with van der Waals surface area (Å²) in [6.07, 6.45) is -4.46. The maximum absolute atomic E-state index is 13.2. The summed E-state index contributed by atoms with van der Waals surface area (Å²) in [7, 11) is 0. The molecule has 11 heteroatoms. The highest BCUT2D eigenvalue weighted by molar-refractivity contribution is 6.00. The number of halogens is 3. The second kappa shape index (κ2) is 10.2. The van der Waals surface area contributed by atoms with Crippen LogP contribution >= 0.6 is 0 Å². The van der Waals surface area contributed by atoms with Crippen molar-refractivity contribution in [2.45, 2.75) is 13.1 Å². The standard InChI is InChI=1S/C24H24F3N5O3/c1-16-13-21(30-35-16)29-22(33)15-31-9-11-32(12-10-31)23(34)19-7-2-3-8-20(19)28-18-6-4-5-17(14-18)24(25,26)27/h2-8,13-14,28H,9-12,15H2,1H3,(H,29,30,33). The van der Waals surface area contributed by atoms with Gasteiger partial charge in [0.1, 0.15) is 5.76 Å². The number of aryl methyl sites for hydroxylation is 1. The number of carbonyl (C=O) groups excluding carboxylic acids is 2. The molecule has 4 rings (SSSR count). The molecular formula is C24H24F3N5O3. The third-order valence-electron chi connectivity index (χ3n) is 5.55. The Kier molecular flexibility index (Phi) is 7.06. The molecule has 0 atom stereocenters. The molecule has 2 amide bonds. The molecule has 35 heavy (non-hydrogen) atoms. The number of rotatable bonds is 6. The molecule has 0 unspecified atom stereocenters. The molecule has 1 fully saturated rings. The van der Waals surface area contributed by atoms with Crippen LogP contribution in [-0.4, -0.2) is 59.5 Å². The number of alkyl halides is 3. The Balaban J connectivity index is 1.36. The van der Waals surface area contributed by atoms with E-state index in [0.29, 0.717) is 49.0 Å². The Morgan fingerprint density at radius 3 is 2.46 bits per heavy atom. The van der Waals surface area contributed by atoms with Crippen LogP contribution < -0.4 is 10.6 Å². The van der Waals surface area contributed by atoms with E-state index in [4.69, 9.17) is 4.52 Å². The number of piperazine rings is 1. The Morgan fingerprint density at radius 2 is 1.77 bits per heavy atom. The van der Waals surface area contributed by atoms with E-state index in [1.165, 1.54) is 12.1 Å². The molecule has 2 N–H and O–H groups in total. The number of hydrogen-bond acceptors (Lipinski definition) is 6. The van der Waals surface area contributed by atoms with Crippen molar-refractivity contribution in [2.75, 3.05) is 43.4 Å². The van der Waals surface area contributed by atoms with Crippen molar-refractivity contribution in [2.24, 2.45) is 0 Å². The van der Waals surface area contributed by atoms with Crippen molar-refractivity contribution in [3.05, 3.63) is 71.5 Å². The maximum atomic E-state index is 13.2. The van der Waals surface area contributed by atoms with Gasteiger partial charge in [-0.2, -0.15) is 13.2 Å². The van der Waals surface area contributed by atoms with Gasteiger partial charge in [-0.15, -0.1) is 0 Å². The van der Waals surface area contributed by atoms with Crippen molar-refractivity contribution in [3.8, 4) is 0 Å². The minimum atomic E-state index is -4.46. The van der Waals surface area contributed by atoms with E-state index in [1.54, 1.807) is 42.2 Å². The maximum Gasteiger partial charge on any atom is 0.416 e. The zero-order valence-electron chi connectivity index (χ0n) is 18.9. The molecule has 0 aliphatic carbocycles. The van der Waals surface area contributed by atoms with Crippen LogP contribution in [0.25, 0.3) is 0 Å². The monoisotopic (exact) mass is 487 g/mol. The molecule has 0 saturated carbocycles. The third-order valence-corrected chi connectivity index (χ3v) is 5.55. The topological polar surface area (TPSA) is 90.7 Å². The lowest BCUT2D eigenvalue weighted by Gasteiger charge is -2.34. The molecule has 1 aliphatic rings. The fraction of sp³-hybridized carbons (Fsp3) is 0.292. The van der Waals surface area contributed by atoms with Gasteiger partial charge in [-0.1, -0.05) is 23.4 Å². The Bertz CT molecular complexity index is 1200. The SMILES string of the molecule is Cc1cc(NC(=O)CN2CCN(C(=O)c3ccccc3Nc3cccc(C(F)(F)F)c3)CC2)no1. The van der Waals surface area contributed by atoms with Crippen molar-refractivity contribution in [3.63, 3.8) is 0 Å². The normalized spacial score (nSPS) is 14.6. The average Bonchev–Trinajstić information content (AvgIpc) is 3.23. The highest BCUT2D eigenvalue weighted by atomic mass is 19.4. The number of para-hydroxylation sites is 1. The van der Waals surface area contributed by atoms with Crippen LogP contribution in [0.5, 0.6) is 0 Å². The number of hydrogen-bond donors (Lipinski definition) is 2. The summed E-state index contributed by atoms with van der Waals surface area (Å²) in [5.41, 5.74) is 0.238. The first-order valence-electron chi connectivity index (χ1n) is 11.0. The molecule has 8 nitrogen and oxygen atoms in total. The third kappa shape index (κ3) is 6.18. The summed E-state index contributed by atoms with van der Waals surface area (Å²) in [6, 6.07) is 13.2. The largest absolute Gasteiger partial charge is 0.416 e. The van der Waals surface area contributed by atoms with Crippen LogP contribution in [0.15, 0.2) is 59.1 Å². The van der Waals surface area contributed by atoms with E-state index in [2.05, 4.69) is 15.8 Å². The summed E-state index contributed by atoms with van der Waals surface area (Å²) in [5, 5.41) is 9.34. The van der Waals surface area contributed by atoms with E-state index >= 15 is 0 Å². The lowest BCUT2D eigenvalue weighted by Crippen LogP contribution is -2.50. The predicted octanol–water partition coefficient (Wildman–Crippen LogP) is 4.14. The van der Waals surface area contributed by atoms with Gasteiger partial charge in [0.25, 0.3) is 5.91 Å². The zero-order chi connectivity index (χ0) is 25.0. The molecule has 3 aromatic rings. The van der Waals surface area contributed by atoms with Gasteiger partial charge in [0.15, 0.2) is 5.82 Å². The highest BCUT2D eigenvalue weighted by Gasteiger charge is 2.30. The van der Waals surface area contributed by atoms with E-state index < -0.39 is 11.7 Å². The Labute approximate surface area is 199 Å². The highest BCUT2D eigenvalue weighted by Crippen LogP contribution is 2.32. The van der Waals surface area contributed by atoms with E-state index in [9.17, 15) is 22.8 Å². The molecule has 184 valence electrons. The Hall–Kier alpha value is -3.86. The first kappa shape index (κ1) is 24.3. The predicted molar refractivity (Wildman–Crippen MR) is 123 cm³/mol. The van der Waals surface area contributed by atoms with Crippen molar-refractivity contribution < 1.29 is 27.3 Å². The lowest BCUT2D eigenvalue weighted by molar-refractivity contribution is -0.137.